The molecule has 0 aromatic heterocycles. The van der Waals surface area contributed by atoms with Gasteiger partial charge in [0.2, 0.25) is 0 Å². The number of rotatable bonds is 11. The van der Waals surface area contributed by atoms with Gasteiger partial charge < -0.3 is 14.2 Å². The summed E-state index contributed by atoms with van der Waals surface area (Å²) in [6.07, 6.45) is 3.14. The first-order valence-corrected chi connectivity index (χ1v) is 11.8. The molecule has 1 saturated heterocycles. The van der Waals surface area contributed by atoms with Crippen LogP contribution in [0.2, 0.25) is 0 Å². The van der Waals surface area contributed by atoms with Crippen LogP contribution in [0.25, 0.3) is 6.08 Å². The van der Waals surface area contributed by atoms with Crippen molar-refractivity contribution in [2.75, 3.05) is 19.8 Å². The summed E-state index contributed by atoms with van der Waals surface area (Å²) in [6.45, 7) is 4.02. The van der Waals surface area contributed by atoms with E-state index in [1.165, 1.54) is 6.07 Å². The molecule has 0 N–H and O–H groups in total. The highest BCUT2D eigenvalue weighted by molar-refractivity contribution is 8.18. The number of esters is 1. The van der Waals surface area contributed by atoms with Gasteiger partial charge in [0.05, 0.1) is 18.1 Å². The number of nitrogens with zero attached hydrogens (tertiary/aromatic N) is 1. The first-order chi connectivity index (χ1) is 16.4. The van der Waals surface area contributed by atoms with Crippen LogP contribution in [0.4, 0.5) is 9.18 Å². The Morgan fingerprint density at radius 2 is 1.88 bits per heavy atom. The van der Waals surface area contributed by atoms with Gasteiger partial charge in [-0.1, -0.05) is 37.6 Å². The van der Waals surface area contributed by atoms with Gasteiger partial charge in [-0.25, -0.2) is 4.39 Å². The highest BCUT2D eigenvalue weighted by Gasteiger charge is 2.36. The van der Waals surface area contributed by atoms with Crippen molar-refractivity contribution in [1.82, 2.24) is 4.90 Å². The Labute approximate surface area is 201 Å². The molecule has 0 bridgehead atoms. The molecule has 1 aliphatic rings. The molecule has 0 aliphatic carbocycles. The summed E-state index contributed by atoms with van der Waals surface area (Å²) in [5.41, 5.74) is 1.02. The highest BCUT2D eigenvalue weighted by atomic mass is 32.2. The van der Waals surface area contributed by atoms with Gasteiger partial charge in [-0.05, 0) is 54.9 Å². The van der Waals surface area contributed by atoms with Crippen molar-refractivity contribution in [3.05, 3.63) is 64.3 Å². The lowest BCUT2D eigenvalue weighted by Crippen LogP contribution is -2.34. The van der Waals surface area contributed by atoms with Crippen LogP contribution in [0.5, 0.6) is 11.5 Å². The number of benzene rings is 2. The van der Waals surface area contributed by atoms with E-state index in [9.17, 15) is 18.8 Å². The molecule has 0 radical (unpaired) electrons. The lowest BCUT2D eigenvalue weighted by atomic mass is 10.1. The summed E-state index contributed by atoms with van der Waals surface area (Å²) in [5, 5.41) is -0.529. The fraction of sp³-hybridized carbons (Fsp3) is 0.320. The molecular weight excluding hydrogens is 461 g/mol. The van der Waals surface area contributed by atoms with Gasteiger partial charge in [0.1, 0.15) is 19.0 Å². The first-order valence-electron chi connectivity index (χ1n) is 11.0. The Balaban J connectivity index is 1.71. The molecule has 1 heterocycles. The van der Waals surface area contributed by atoms with Crippen LogP contribution < -0.4 is 9.47 Å². The Morgan fingerprint density at radius 1 is 1.09 bits per heavy atom. The standard InChI is InChI=1S/C25H26FNO6S/c1-3-5-12-32-23(28)15-27-24(29)22(34-25(27)30)14-17-10-11-20(21(13-17)31-4-2)33-16-18-8-6-7-9-19(18)26/h6-11,13-14H,3-5,12,15-16H2,1-2H3/b22-14+. The van der Waals surface area contributed by atoms with Gasteiger partial charge in [-0.2, -0.15) is 0 Å². The van der Waals surface area contributed by atoms with Crippen LogP contribution in [0.3, 0.4) is 0 Å². The molecule has 0 spiro atoms. The molecular formula is C25H26FNO6S. The third-order valence-electron chi connectivity index (χ3n) is 4.83. The van der Waals surface area contributed by atoms with Crippen molar-refractivity contribution in [1.29, 1.82) is 0 Å². The predicted octanol–water partition coefficient (Wildman–Crippen LogP) is 5.18. The number of ether oxygens (including phenoxy) is 3. The number of unbranched alkanes of at least 4 members (excludes halogenated alkanes) is 1. The lowest BCUT2D eigenvalue weighted by molar-refractivity contribution is -0.146. The molecule has 1 fully saturated rings. The van der Waals surface area contributed by atoms with E-state index in [1.54, 1.807) is 42.5 Å². The topological polar surface area (TPSA) is 82.1 Å². The number of thioether (sulfide) groups is 1. The SMILES string of the molecule is CCCCOC(=O)CN1C(=O)S/C(=C/c2ccc(OCc3ccccc3F)c(OCC)c2)C1=O. The van der Waals surface area contributed by atoms with Crippen molar-refractivity contribution in [3.8, 4) is 11.5 Å². The van der Waals surface area contributed by atoms with Crippen molar-refractivity contribution in [2.24, 2.45) is 0 Å². The largest absolute Gasteiger partial charge is 0.490 e. The smallest absolute Gasteiger partial charge is 0.326 e. The van der Waals surface area contributed by atoms with Gasteiger partial charge in [0, 0.05) is 5.56 Å². The van der Waals surface area contributed by atoms with Crippen molar-refractivity contribution >= 4 is 35.0 Å². The number of hydrogen-bond acceptors (Lipinski definition) is 7. The third-order valence-corrected chi connectivity index (χ3v) is 5.74. The monoisotopic (exact) mass is 487 g/mol. The Morgan fingerprint density at radius 3 is 2.62 bits per heavy atom. The summed E-state index contributed by atoms with van der Waals surface area (Å²) in [5.74, 6) is -0.689. The molecule has 7 nitrogen and oxygen atoms in total. The fourth-order valence-electron chi connectivity index (χ4n) is 3.07. The summed E-state index contributed by atoms with van der Waals surface area (Å²) in [7, 11) is 0. The molecule has 34 heavy (non-hydrogen) atoms. The summed E-state index contributed by atoms with van der Waals surface area (Å²) in [4.78, 5) is 37.9. The molecule has 3 rings (SSSR count). The Hall–Kier alpha value is -3.33. The average molecular weight is 488 g/mol. The van der Waals surface area contributed by atoms with E-state index in [4.69, 9.17) is 14.2 Å². The zero-order valence-electron chi connectivity index (χ0n) is 19.0. The van der Waals surface area contributed by atoms with E-state index < -0.39 is 23.7 Å². The van der Waals surface area contributed by atoms with Gasteiger partial charge in [0.25, 0.3) is 11.1 Å². The molecule has 2 aromatic carbocycles. The van der Waals surface area contributed by atoms with E-state index in [-0.39, 0.29) is 23.9 Å². The number of imide groups is 1. The van der Waals surface area contributed by atoms with E-state index in [1.807, 2.05) is 13.8 Å². The Bertz CT molecular complexity index is 1090. The number of carbonyl (C=O) groups excluding carboxylic acids is 3. The second-order valence-electron chi connectivity index (χ2n) is 7.36. The van der Waals surface area contributed by atoms with Gasteiger partial charge in [-0.3, -0.25) is 19.3 Å². The average Bonchev–Trinajstić information content (AvgIpc) is 3.07. The van der Waals surface area contributed by atoms with Crippen molar-refractivity contribution in [2.45, 2.75) is 33.3 Å². The molecule has 180 valence electrons. The van der Waals surface area contributed by atoms with E-state index in [0.29, 0.717) is 29.2 Å². The van der Waals surface area contributed by atoms with Crippen LogP contribution in [-0.4, -0.2) is 41.8 Å². The van der Waals surface area contributed by atoms with Crippen LogP contribution >= 0.6 is 11.8 Å². The summed E-state index contributed by atoms with van der Waals surface area (Å²) >= 11 is 0.757. The zero-order valence-corrected chi connectivity index (χ0v) is 19.9. The van der Waals surface area contributed by atoms with Gasteiger partial charge in [0.15, 0.2) is 11.5 Å². The number of amides is 2. The molecule has 0 saturated carbocycles. The highest BCUT2D eigenvalue weighted by Crippen LogP contribution is 2.35. The maximum atomic E-state index is 13.9. The fourth-order valence-corrected chi connectivity index (χ4v) is 3.90. The van der Waals surface area contributed by atoms with Crippen LogP contribution in [-0.2, 0) is 20.9 Å². The molecule has 1 aliphatic heterocycles. The molecule has 9 heteroatoms. The number of hydrogen-bond donors (Lipinski definition) is 0. The van der Waals surface area contributed by atoms with Crippen molar-refractivity contribution < 1.29 is 33.0 Å². The second kappa shape index (κ2) is 12.2. The molecule has 0 atom stereocenters. The number of halogens is 1. The third kappa shape index (κ3) is 6.60. The minimum absolute atomic E-state index is 0.0271. The minimum Gasteiger partial charge on any atom is -0.490 e. The summed E-state index contributed by atoms with van der Waals surface area (Å²) in [6, 6.07) is 11.4. The first kappa shape index (κ1) is 25.3. The quantitative estimate of drug-likeness (QED) is 0.245. The van der Waals surface area contributed by atoms with Crippen LogP contribution in [0, 0.1) is 5.82 Å². The molecule has 0 unspecified atom stereocenters. The summed E-state index contributed by atoms with van der Waals surface area (Å²) < 4.78 is 30.3. The molecule has 2 amide bonds. The minimum atomic E-state index is -0.619. The van der Waals surface area contributed by atoms with Crippen molar-refractivity contribution in [3.63, 3.8) is 0 Å². The maximum absolute atomic E-state index is 13.9. The maximum Gasteiger partial charge on any atom is 0.326 e. The van der Waals surface area contributed by atoms with E-state index in [0.717, 1.165) is 29.5 Å². The van der Waals surface area contributed by atoms with E-state index >= 15 is 0 Å². The van der Waals surface area contributed by atoms with E-state index in [2.05, 4.69) is 0 Å². The zero-order chi connectivity index (χ0) is 24.5. The Kier molecular flexibility index (Phi) is 9.09. The second-order valence-corrected chi connectivity index (χ2v) is 8.35. The van der Waals surface area contributed by atoms with Gasteiger partial charge >= 0.3 is 5.97 Å². The molecule has 2 aromatic rings. The predicted molar refractivity (Wildman–Crippen MR) is 127 cm³/mol. The number of carbonyl (C=O) groups is 3. The van der Waals surface area contributed by atoms with Crippen LogP contribution in [0.1, 0.15) is 37.8 Å². The normalized spacial score (nSPS) is 14.6. The van der Waals surface area contributed by atoms with Crippen LogP contribution in [0.15, 0.2) is 47.4 Å². The lowest BCUT2D eigenvalue weighted by Gasteiger charge is -2.13. The van der Waals surface area contributed by atoms with Gasteiger partial charge in [-0.15, -0.1) is 0 Å².